The van der Waals surface area contributed by atoms with Gasteiger partial charge in [0.15, 0.2) is 5.16 Å². The lowest BCUT2D eigenvalue weighted by atomic mass is 10.2. The van der Waals surface area contributed by atoms with Gasteiger partial charge in [0.2, 0.25) is 5.89 Å². The molecule has 0 atom stereocenters. The summed E-state index contributed by atoms with van der Waals surface area (Å²) in [5.74, 6) is 2.13. The molecular weight excluding hydrogens is 439 g/mol. The van der Waals surface area contributed by atoms with E-state index in [0.29, 0.717) is 17.9 Å². The fourth-order valence-electron chi connectivity index (χ4n) is 3.55. The van der Waals surface area contributed by atoms with E-state index in [-0.39, 0.29) is 11.7 Å². The van der Waals surface area contributed by atoms with Crippen LogP contribution in [-0.2, 0) is 12.3 Å². The van der Waals surface area contributed by atoms with Crippen LogP contribution >= 0.6 is 11.8 Å². The van der Waals surface area contributed by atoms with E-state index >= 15 is 0 Å². The first-order valence-electron chi connectivity index (χ1n) is 10.4. The van der Waals surface area contributed by atoms with Gasteiger partial charge in [0, 0.05) is 11.9 Å². The molecule has 0 saturated heterocycles. The maximum Gasteiger partial charge on any atom is 0.229 e. The third-order valence-corrected chi connectivity index (χ3v) is 6.39. The average molecular weight is 461 g/mol. The Hall–Kier alpha value is -3.65. The molecule has 0 aliphatic rings. The summed E-state index contributed by atoms with van der Waals surface area (Å²) < 4.78 is 27.4. The number of ether oxygens (including phenoxy) is 1. The number of aromatic nitrogens is 4. The molecule has 3 aromatic heterocycles. The first-order chi connectivity index (χ1) is 16.1. The van der Waals surface area contributed by atoms with Crippen molar-refractivity contribution in [3.8, 4) is 17.2 Å². The molecule has 6 nitrogen and oxygen atoms in total. The van der Waals surface area contributed by atoms with Crippen LogP contribution in [0.2, 0.25) is 0 Å². The van der Waals surface area contributed by atoms with E-state index in [1.807, 2.05) is 37.3 Å². The normalized spacial score (nSPS) is 11.2. The van der Waals surface area contributed by atoms with Gasteiger partial charge in [-0.2, -0.15) is 0 Å². The number of methoxy groups -OCH3 is 1. The van der Waals surface area contributed by atoms with Crippen molar-refractivity contribution in [3.63, 3.8) is 0 Å². The maximum atomic E-state index is 14.2. The average Bonchev–Trinajstić information content (AvgIpc) is 3.38. The van der Waals surface area contributed by atoms with Crippen molar-refractivity contribution in [1.29, 1.82) is 0 Å². The molecule has 0 unspecified atom stereocenters. The van der Waals surface area contributed by atoms with Gasteiger partial charge < -0.3 is 13.7 Å². The SMILES string of the molecule is COc1ccc(CSc2nc3ccncc3n2Cc2nc(-c3ccccc3F)oc2C)cc1. The third kappa shape index (κ3) is 4.34. The van der Waals surface area contributed by atoms with Crippen LogP contribution in [-0.4, -0.2) is 26.6 Å². The van der Waals surface area contributed by atoms with Crippen molar-refractivity contribution in [2.45, 2.75) is 24.4 Å². The van der Waals surface area contributed by atoms with E-state index in [1.54, 1.807) is 49.5 Å². The topological polar surface area (TPSA) is 66.0 Å². The van der Waals surface area contributed by atoms with E-state index in [1.165, 1.54) is 6.07 Å². The number of oxazole rings is 1. The zero-order valence-electron chi connectivity index (χ0n) is 18.2. The molecule has 2 aromatic carbocycles. The number of thioether (sulfide) groups is 1. The molecule has 0 bridgehead atoms. The molecule has 0 radical (unpaired) electrons. The van der Waals surface area contributed by atoms with Gasteiger partial charge in [-0.3, -0.25) is 4.98 Å². The van der Waals surface area contributed by atoms with Gasteiger partial charge in [-0.1, -0.05) is 36.0 Å². The Kier molecular flexibility index (Phi) is 5.83. The summed E-state index contributed by atoms with van der Waals surface area (Å²) >= 11 is 1.63. The van der Waals surface area contributed by atoms with Gasteiger partial charge in [0.25, 0.3) is 0 Å². The molecular formula is C25H21FN4O2S. The zero-order chi connectivity index (χ0) is 22.8. The minimum absolute atomic E-state index is 0.274. The molecule has 3 heterocycles. The lowest BCUT2D eigenvalue weighted by Gasteiger charge is -2.08. The molecule has 8 heteroatoms. The summed E-state index contributed by atoms with van der Waals surface area (Å²) in [7, 11) is 1.66. The van der Waals surface area contributed by atoms with Crippen LogP contribution in [0.5, 0.6) is 5.75 Å². The van der Waals surface area contributed by atoms with E-state index in [9.17, 15) is 4.39 Å². The van der Waals surface area contributed by atoms with Crippen LogP contribution in [0.4, 0.5) is 4.39 Å². The summed E-state index contributed by atoms with van der Waals surface area (Å²) in [6, 6.07) is 16.4. The summed E-state index contributed by atoms with van der Waals surface area (Å²) in [5, 5.41) is 0.851. The molecule has 0 amide bonds. The number of halogens is 1. The summed E-state index contributed by atoms with van der Waals surface area (Å²) in [6.45, 7) is 2.28. The van der Waals surface area contributed by atoms with Crippen molar-refractivity contribution in [3.05, 3.63) is 89.8 Å². The van der Waals surface area contributed by atoms with E-state index in [0.717, 1.165) is 38.9 Å². The summed E-state index contributed by atoms with van der Waals surface area (Å²) in [6.07, 6.45) is 3.53. The van der Waals surface area contributed by atoms with E-state index in [2.05, 4.69) is 14.5 Å². The highest BCUT2D eigenvalue weighted by atomic mass is 32.2. The summed E-state index contributed by atoms with van der Waals surface area (Å²) in [5.41, 5.74) is 4.00. The highest BCUT2D eigenvalue weighted by molar-refractivity contribution is 7.98. The number of benzene rings is 2. The molecule has 5 rings (SSSR count). The van der Waals surface area contributed by atoms with E-state index < -0.39 is 0 Å². The Morgan fingerprint density at radius 3 is 2.67 bits per heavy atom. The molecule has 0 N–H and O–H groups in total. The van der Waals surface area contributed by atoms with Crippen molar-refractivity contribution in [2.24, 2.45) is 0 Å². The molecule has 0 saturated carbocycles. The van der Waals surface area contributed by atoms with E-state index in [4.69, 9.17) is 14.1 Å². The molecule has 0 aliphatic heterocycles. The molecule has 33 heavy (non-hydrogen) atoms. The van der Waals surface area contributed by atoms with Gasteiger partial charge in [0.1, 0.15) is 23.0 Å². The van der Waals surface area contributed by atoms with Crippen LogP contribution in [0, 0.1) is 12.7 Å². The number of hydrogen-bond donors (Lipinski definition) is 0. The molecule has 0 spiro atoms. The summed E-state index contributed by atoms with van der Waals surface area (Å²) in [4.78, 5) is 13.7. The standard InChI is InChI=1S/C25H21FN4O2S/c1-16-22(28-24(32-16)19-5-3-4-6-20(19)26)14-30-23-13-27-12-11-21(23)29-25(30)33-15-17-7-9-18(31-2)10-8-17/h3-13H,14-15H2,1-2H3. The van der Waals surface area contributed by atoms with Crippen molar-refractivity contribution >= 4 is 22.8 Å². The Morgan fingerprint density at radius 2 is 1.88 bits per heavy atom. The Morgan fingerprint density at radius 1 is 1.06 bits per heavy atom. The molecule has 0 fully saturated rings. The first-order valence-corrected chi connectivity index (χ1v) is 11.4. The molecule has 166 valence electrons. The number of fused-ring (bicyclic) bond motifs is 1. The predicted molar refractivity (Wildman–Crippen MR) is 126 cm³/mol. The highest BCUT2D eigenvalue weighted by Crippen LogP contribution is 2.30. The largest absolute Gasteiger partial charge is 0.497 e. The van der Waals surface area contributed by atoms with Gasteiger partial charge in [-0.15, -0.1) is 0 Å². The number of rotatable bonds is 7. The van der Waals surface area contributed by atoms with Gasteiger partial charge in [-0.05, 0) is 42.8 Å². The first kappa shape index (κ1) is 21.2. The van der Waals surface area contributed by atoms with Crippen molar-refractivity contribution in [1.82, 2.24) is 19.5 Å². The monoisotopic (exact) mass is 460 g/mol. The highest BCUT2D eigenvalue weighted by Gasteiger charge is 2.18. The van der Waals surface area contributed by atoms with Gasteiger partial charge >= 0.3 is 0 Å². The van der Waals surface area contributed by atoms with Crippen LogP contribution in [0.25, 0.3) is 22.5 Å². The third-order valence-electron chi connectivity index (χ3n) is 5.35. The fourth-order valence-corrected chi connectivity index (χ4v) is 4.52. The van der Waals surface area contributed by atoms with Gasteiger partial charge in [-0.25, -0.2) is 14.4 Å². The van der Waals surface area contributed by atoms with Crippen LogP contribution in [0.1, 0.15) is 17.0 Å². The number of imidazole rings is 1. The second kappa shape index (κ2) is 9.07. The Balaban J connectivity index is 1.46. The van der Waals surface area contributed by atoms with Crippen LogP contribution in [0.15, 0.2) is 76.6 Å². The lowest BCUT2D eigenvalue weighted by molar-refractivity contribution is 0.414. The number of aryl methyl sites for hydroxylation is 1. The van der Waals surface area contributed by atoms with Crippen molar-refractivity contribution in [2.75, 3.05) is 7.11 Å². The smallest absolute Gasteiger partial charge is 0.229 e. The second-order valence-electron chi connectivity index (χ2n) is 7.48. The minimum Gasteiger partial charge on any atom is -0.497 e. The fraction of sp³-hybridized carbons (Fsp3) is 0.160. The second-order valence-corrected chi connectivity index (χ2v) is 8.43. The molecule has 5 aromatic rings. The zero-order valence-corrected chi connectivity index (χ0v) is 19.0. The van der Waals surface area contributed by atoms with Gasteiger partial charge in [0.05, 0.1) is 36.4 Å². The number of pyridine rings is 1. The molecule has 0 aliphatic carbocycles. The number of nitrogens with zero attached hydrogens (tertiary/aromatic N) is 4. The number of hydrogen-bond acceptors (Lipinski definition) is 6. The Bertz CT molecular complexity index is 1410. The lowest BCUT2D eigenvalue weighted by Crippen LogP contribution is -2.03. The van der Waals surface area contributed by atoms with Crippen LogP contribution in [0.3, 0.4) is 0 Å². The maximum absolute atomic E-state index is 14.2. The van der Waals surface area contributed by atoms with Crippen molar-refractivity contribution < 1.29 is 13.5 Å². The Labute approximate surface area is 194 Å². The van der Waals surface area contributed by atoms with Crippen LogP contribution < -0.4 is 4.74 Å². The quantitative estimate of drug-likeness (QED) is 0.283. The predicted octanol–water partition coefficient (Wildman–Crippen LogP) is 5.88. The minimum atomic E-state index is -0.363.